The molecule has 10 nitrogen and oxygen atoms in total. The van der Waals surface area contributed by atoms with Crippen LogP contribution in [0.25, 0.3) is 11.7 Å². The molecule has 31 heavy (non-hydrogen) atoms. The fourth-order valence-corrected chi connectivity index (χ4v) is 3.28. The Labute approximate surface area is 178 Å². The van der Waals surface area contributed by atoms with Gasteiger partial charge in [0.05, 0.1) is 12.9 Å². The lowest BCUT2D eigenvalue weighted by Crippen LogP contribution is -2.49. The number of pyridine rings is 1. The molecule has 1 amide bonds. The second-order valence-corrected chi connectivity index (χ2v) is 6.74. The molecule has 0 spiro atoms. The van der Waals surface area contributed by atoms with Crippen LogP contribution in [-0.4, -0.2) is 67.3 Å². The zero-order valence-electron chi connectivity index (χ0n) is 17.0. The second kappa shape index (κ2) is 9.32. The van der Waals surface area contributed by atoms with Crippen LogP contribution in [0.2, 0.25) is 0 Å². The maximum absolute atomic E-state index is 13.0. The smallest absolute Gasteiger partial charge is 0.266 e. The summed E-state index contributed by atoms with van der Waals surface area (Å²) in [6.45, 7) is 2.60. The first-order valence-corrected chi connectivity index (χ1v) is 9.77. The molecule has 4 heterocycles. The molecule has 0 aromatic carbocycles. The van der Waals surface area contributed by atoms with E-state index < -0.39 is 0 Å². The van der Waals surface area contributed by atoms with Gasteiger partial charge in [0.15, 0.2) is 5.76 Å². The number of oxazole rings is 1. The fourth-order valence-electron chi connectivity index (χ4n) is 3.28. The maximum Gasteiger partial charge on any atom is 0.266 e. The lowest BCUT2D eigenvalue weighted by molar-refractivity contribution is 0.0736. The summed E-state index contributed by atoms with van der Waals surface area (Å²) in [6, 6.07) is 8.91. The van der Waals surface area contributed by atoms with E-state index in [4.69, 9.17) is 18.3 Å². The van der Waals surface area contributed by atoms with Crippen molar-refractivity contribution in [1.29, 1.82) is 5.26 Å². The van der Waals surface area contributed by atoms with Gasteiger partial charge in [-0.15, -0.1) is 0 Å². The zero-order valence-corrected chi connectivity index (χ0v) is 17.0. The molecule has 0 saturated carbocycles. The van der Waals surface area contributed by atoms with E-state index in [0.717, 1.165) is 0 Å². The average molecular weight is 423 g/mol. The van der Waals surface area contributed by atoms with E-state index in [1.165, 1.54) is 6.26 Å². The van der Waals surface area contributed by atoms with E-state index in [0.29, 0.717) is 56.6 Å². The highest BCUT2D eigenvalue weighted by molar-refractivity contribution is 5.96. The summed E-state index contributed by atoms with van der Waals surface area (Å²) in [5.74, 6) is 1.22. The largest absolute Gasteiger partial charge is 0.475 e. The van der Waals surface area contributed by atoms with Gasteiger partial charge in [0, 0.05) is 39.5 Å². The van der Waals surface area contributed by atoms with Crippen LogP contribution in [-0.2, 0) is 4.74 Å². The van der Waals surface area contributed by atoms with Crippen molar-refractivity contribution in [3.8, 4) is 23.6 Å². The number of piperazine rings is 1. The first-order chi connectivity index (χ1) is 15.2. The number of rotatable bonds is 7. The maximum atomic E-state index is 13.0. The van der Waals surface area contributed by atoms with Crippen LogP contribution in [0, 0.1) is 11.3 Å². The van der Waals surface area contributed by atoms with Crippen LogP contribution >= 0.6 is 0 Å². The van der Waals surface area contributed by atoms with Crippen molar-refractivity contribution in [2.45, 2.75) is 0 Å². The summed E-state index contributed by atoms with van der Waals surface area (Å²) in [7, 11) is 1.58. The molecular formula is C21H21N5O5. The van der Waals surface area contributed by atoms with Gasteiger partial charge < -0.3 is 28.1 Å². The third-order valence-electron chi connectivity index (χ3n) is 4.83. The monoisotopic (exact) mass is 423 g/mol. The van der Waals surface area contributed by atoms with Crippen molar-refractivity contribution in [2.75, 3.05) is 51.4 Å². The number of amides is 1. The number of aromatic nitrogens is 2. The van der Waals surface area contributed by atoms with Crippen molar-refractivity contribution in [3.05, 3.63) is 48.0 Å². The molecule has 3 aromatic rings. The van der Waals surface area contributed by atoms with Crippen LogP contribution in [0.1, 0.15) is 16.1 Å². The van der Waals surface area contributed by atoms with Gasteiger partial charge in [0.1, 0.15) is 18.2 Å². The predicted octanol–water partition coefficient (Wildman–Crippen LogP) is 2.19. The Kier molecular flexibility index (Phi) is 6.14. The summed E-state index contributed by atoms with van der Waals surface area (Å²) >= 11 is 0. The lowest BCUT2D eigenvalue weighted by Gasteiger charge is -2.34. The highest BCUT2D eigenvalue weighted by Gasteiger charge is 2.28. The normalized spacial score (nSPS) is 13.8. The molecule has 0 N–H and O–H groups in total. The first-order valence-electron chi connectivity index (χ1n) is 9.77. The Morgan fingerprint density at radius 1 is 1.23 bits per heavy atom. The SMILES string of the molecule is COCCOc1ncccc1C(=O)N1CCN(c2oc(-c3ccco3)nc2C#N)CC1. The van der Waals surface area contributed by atoms with Crippen LogP contribution in [0.5, 0.6) is 5.88 Å². The van der Waals surface area contributed by atoms with Gasteiger partial charge in [-0.1, -0.05) is 0 Å². The Morgan fingerprint density at radius 2 is 2.06 bits per heavy atom. The molecule has 10 heteroatoms. The third-order valence-corrected chi connectivity index (χ3v) is 4.83. The molecule has 0 radical (unpaired) electrons. The summed E-state index contributed by atoms with van der Waals surface area (Å²) < 4.78 is 21.7. The quantitative estimate of drug-likeness (QED) is 0.527. The summed E-state index contributed by atoms with van der Waals surface area (Å²) in [5.41, 5.74) is 0.594. The minimum atomic E-state index is -0.158. The fraction of sp³-hybridized carbons (Fsp3) is 0.333. The minimum Gasteiger partial charge on any atom is -0.475 e. The molecule has 4 rings (SSSR count). The molecule has 1 aliphatic rings. The number of carbonyl (C=O) groups is 1. The van der Waals surface area contributed by atoms with E-state index in [1.54, 1.807) is 42.5 Å². The van der Waals surface area contributed by atoms with Gasteiger partial charge in [-0.2, -0.15) is 10.2 Å². The van der Waals surface area contributed by atoms with Crippen molar-refractivity contribution in [2.24, 2.45) is 0 Å². The summed E-state index contributed by atoms with van der Waals surface area (Å²) in [4.78, 5) is 25.1. The van der Waals surface area contributed by atoms with Gasteiger partial charge in [-0.25, -0.2) is 4.98 Å². The molecule has 0 atom stereocenters. The molecule has 0 aliphatic carbocycles. The molecular weight excluding hydrogens is 402 g/mol. The van der Waals surface area contributed by atoms with Crippen molar-refractivity contribution in [1.82, 2.24) is 14.9 Å². The number of anilines is 1. The number of hydrogen-bond donors (Lipinski definition) is 0. The molecule has 1 aliphatic heterocycles. The van der Waals surface area contributed by atoms with Gasteiger partial charge in [0.2, 0.25) is 17.5 Å². The molecule has 0 unspecified atom stereocenters. The molecule has 1 saturated heterocycles. The number of ether oxygens (including phenoxy) is 2. The van der Waals surface area contributed by atoms with Gasteiger partial charge >= 0.3 is 0 Å². The van der Waals surface area contributed by atoms with Crippen LogP contribution in [0.15, 0.2) is 45.6 Å². The van der Waals surface area contributed by atoms with Crippen molar-refractivity contribution < 1.29 is 23.1 Å². The highest BCUT2D eigenvalue weighted by atomic mass is 16.5. The standard InChI is InChI=1S/C21H21N5O5/c1-28-12-13-30-18-15(4-2-6-23-18)20(27)25-7-9-26(10-8-25)21-16(14-22)24-19(31-21)17-5-3-11-29-17/h2-6,11H,7-10,12-13H2,1H3. The van der Waals surface area contributed by atoms with E-state index in [-0.39, 0.29) is 23.4 Å². The molecule has 0 bridgehead atoms. The van der Waals surface area contributed by atoms with Gasteiger partial charge in [-0.05, 0) is 24.3 Å². The van der Waals surface area contributed by atoms with Crippen molar-refractivity contribution in [3.63, 3.8) is 0 Å². The topological polar surface area (TPSA) is 118 Å². The lowest BCUT2D eigenvalue weighted by atomic mass is 10.2. The Balaban J connectivity index is 1.44. The Morgan fingerprint density at radius 3 is 2.77 bits per heavy atom. The predicted molar refractivity (Wildman–Crippen MR) is 109 cm³/mol. The summed E-state index contributed by atoms with van der Waals surface area (Å²) in [5, 5.41) is 9.44. The van der Waals surface area contributed by atoms with Gasteiger partial charge in [-0.3, -0.25) is 4.79 Å². The van der Waals surface area contributed by atoms with Crippen LogP contribution < -0.4 is 9.64 Å². The number of nitriles is 1. The Bertz CT molecular complexity index is 1060. The van der Waals surface area contributed by atoms with E-state index in [9.17, 15) is 10.1 Å². The summed E-state index contributed by atoms with van der Waals surface area (Å²) in [6.07, 6.45) is 3.10. The third kappa shape index (κ3) is 4.36. The number of methoxy groups -OCH3 is 1. The number of hydrogen-bond acceptors (Lipinski definition) is 9. The second-order valence-electron chi connectivity index (χ2n) is 6.74. The van der Waals surface area contributed by atoms with Crippen LogP contribution in [0.4, 0.5) is 5.88 Å². The molecule has 1 fully saturated rings. The molecule has 160 valence electrons. The zero-order chi connectivity index (χ0) is 21.6. The van der Waals surface area contributed by atoms with Gasteiger partial charge in [0.25, 0.3) is 11.8 Å². The molecule has 3 aromatic heterocycles. The number of nitrogens with zero attached hydrogens (tertiary/aromatic N) is 5. The van der Waals surface area contributed by atoms with Crippen molar-refractivity contribution >= 4 is 11.8 Å². The number of furan rings is 1. The average Bonchev–Trinajstić information content (AvgIpc) is 3.49. The first kappa shape index (κ1) is 20.4. The van der Waals surface area contributed by atoms with E-state index >= 15 is 0 Å². The highest BCUT2D eigenvalue weighted by Crippen LogP contribution is 2.29. The van der Waals surface area contributed by atoms with E-state index in [1.807, 2.05) is 4.90 Å². The Hall–Kier alpha value is -3.84. The van der Waals surface area contributed by atoms with E-state index in [2.05, 4.69) is 16.0 Å². The van der Waals surface area contributed by atoms with Crippen LogP contribution in [0.3, 0.4) is 0 Å². The number of carbonyl (C=O) groups excluding carboxylic acids is 1. The minimum absolute atomic E-state index is 0.158.